The van der Waals surface area contributed by atoms with Gasteiger partial charge in [0.1, 0.15) is 11.4 Å². The van der Waals surface area contributed by atoms with Crippen LogP contribution in [0.2, 0.25) is 5.02 Å². The summed E-state index contributed by atoms with van der Waals surface area (Å²) in [4.78, 5) is 38.5. The minimum atomic E-state index is -0.814. The van der Waals surface area contributed by atoms with Crippen LogP contribution in [-0.4, -0.2) is 31.3 Å². The van der Waals surface area contributed by atoms with Crippen LogP contribution in [0.1, 0.15) is 23.7 Å². The summed E-state index contributed by atoms with van der Waals surface area (Å²) in [5.74, 6) is -0.594. The first-order chi connectivity index (χ1) is 13.4. The van der Waals surface area contributed by atoms with Crippen molar-refractivity contribution < 1.29 is 9.21 Å². The summed E-state index contributed by atoms with van der Waals surface area (Å²) in [7, 11) is 0. The summed E-state index contributed by atoms with van der Waals surface area (Å²) in [5, 5.41) is 8.47. The molecular formula is C17H16ClN5O4S. The van der Waals surface area contributed by atoms with Gasteiger partial charge in [-0.2, -0.15) is 0 Å². The Kier molecular flexibility index (Phi) is 6.00. The van der Waals surface area contributed by atoms with Crippen LogP contribution < -0.4 is 17.0 Å². The van der Waals surface area contributed by atoms with Gasteiger partial charge in [-0.25, -0.2) is 4.79 Å². The molecule has 1 aromatic carbocycles. The highest BCUT2D eigenvalue weighted by atomic mass is 35.5. The van der Waals surface area contributed by atoms with Gasteiger partial charge in [-0.15, -0.1) is 10.2 Å². The highest BCUT2D eigenvalue weighted by Gasteiger charge is 2.20. The Labute approximate surface area is 167 Å². The van der Waals surface area contributed by atoms with E-state index in [1.807, 2.05) is 6.92 Å². The second-order valence-corrected chi connectivity index (χ2v) is 7.13. The molecule has 3 N–H and O–H groups in total. The molecule has 146 valence electrons. The lowest BCUT2D eigenvalue weighted by Gasteiger charge is -2.10. The van der Waals surface area contributed by atoms with Gasteiger partial charge in [0.05, 0.1) is 5.75 Å². The van der Waals surface area contributed by atoms with Crippen LogP contribution >= 0.6 is 23.4 Å². The molecule has 0 atom stereocenters. The number of Topliss-reactive ketones (excluding diaryl/α,β-unsaturated/α-hetero) is 1. The third kappa shape index (κ3) is 4.18. The average molecular weight is 422 g/mol. The fourth-order valence-corrected chi connectivity index (χ4v) is 3.33. The van der Waals surface area contributed by atoms with Gasteiger partial charge in [0.2, 0.25) is 5.89 Å². The Morgan fingerprint density at radius 1 is 1.36 bits per heavy atom. The summed E-state index contributed by atoms with van der Waals surface area (Å²) in [6.45, 7) is 2.14. The number of hydrogen-bond donors (Lipinski definition) is 2. The number of rotatable bonds is 7. The molecule has 0 radical (unpaired) electrons. The third-order valence-electron chi connectivity index (χ3n) is 3.77. The monoisotopic (exact) mass is 421 g/mol. The molecule has 0 saturated heterocycles. The number of aromatic nitrogens is 4. The number of aromatic amines is 1. The SMILES string of the molecule is CCCn1c(N)c(C(=O)CSc2nnc(-c3cccc(Cl)c3)o2)c(=O)[nH]c1=O. The predicted octanol–water partition coefficient (Wildman–Crippen LogP) is 2.21. The van der Waals surface area contributed by atoms with Crippen molar-refractivity contribution >= 4 is 35.0 Å². The van der Waals surface area contributed by atoms with Crippen molar-refractivity contribution in [3.8, 4) is 11.5 Å². The first kappa shape index (κ1) is 19.9. The quantitative estimate of drug-likeness (QED) is 0.437. The number of nitrogens with one attached hydrogen (secondary N) is 1. The number of nitrogen functional groups attached to an aromatic ring is 1. The van der Waals surface area contributed by atoms with Crippen LogP contribution in [-0.2, 0) is 6.54 Å². The lowest BCUT2D eigenvalue weighted by atomic mass is 10.2. The summed E-state index contributed by atoms with van der Waals surface area (Å²) < 4.78 is 6.68. The molecule has 2 aromatic heterocycles. The molecule has 28 heavy (non-hydrogen) atoms. The molecule has 0 aliphatic rings. The molecule has 0 spiro atoms. The molecule has 0 aliphatic carbocycles. The largest absolute Gasteiger partial charge is 0.411 e. The van der Waals surface area contributed by atoms with Crippen molar-refractivity contribution in [1.82, 2.24) is 19.7 Å². The summed E-state index contributed by atoms with van der Waals surface area (Å²) in [5.41, 5.74) is 4.82. The Morgan fingerprint density at radius 3 is 2.86 bits per heavy atom. The zero-order valence-electron chi connectivity index (χ0n) is 14.8. The number of anilines is 1. The molecular weight excluding hydrogens is 406 g/mol. The first-order valence-corrected chi connectivity index (χ1v) is 9.65. The highest BCUT2D eigenvalue weighted by molar-refractivity contribution is 7.99. The van der Waals surface area contributed by atoms with Crippen LogP contribution in [0, 0.1) is 0 Å². The van der Waals surface area contributed by atoms with Crippen LogP contribution in [0.5, 0.6) is 0 Å². The molecule has 0 aliphatic heterocycles. The fraction of sp³-hybridized carbons (Fsp3) is 0.235. The van der Waals surface area contributed by atoms with E-state index in [2.05, 4.69) is 15.2 Å². The number of hydrogen-bond acceptors (Lipinski definition) is 8. The predicted molar refractivity (Wildman–Crippen MR) is 106 cm³/mol. The number of thioether (sulfide) groups is 1. The number of ketones is 1. The van der Waals surface area contributed by atoms with Crippen LogP contribution in [0.4, 0.5) is 5.82 Å². The van der Waals surface area contributed by atoms with Gasteiger partial charge >= 0.3 is 5.69 Å². The average Bonchev–Trinajstić information content (AvgIpc) is 3.12. The molecule has 0 amide bonds. The molecule has 0 saturated carbocycles. The first-order valence-electron chi connectivity index (χ1n) is 8.28. The van der Waals surface area contributed by atoms with Gasteiger partial charge in [0.15, 0.2) is 5.78 Å². The maximum atomic E-state index is 12.5. The number of halogens is 1. The normalized spacial score (nSPS) is 10.9. The molecule has 3 rings (SSSR count). The van der Waals surface area contributed by atoms with Crippen molar-refractivity contribution in [3.05, 3.63) is 55.7 Å². The van der Waals surface area contributed by atoms with E-state index in [0.29, 0.717) is 23.6 Å². The molecule has 0 unspecified atom stereocenters. The Bertz CT molecular complexity index is 1140. The van der Waals surface area contributed by atoms with Gasteiger partial charge in [0.25, 0.3) is 10.8 Å². The molecule has 0 fully saturated rings. The van der Waals surface area contributed by atoms with Crippen molar-refractivity contribution in [2.24, 2.45) is 0 Å². The second-order valence-electron chi connectivity index (χ2n) is 5.77. The third-order valence-corrected chi connectivity index (χ3v) is 4.82. The molecule has 3 aromatic rings. The molecule has 11 heteroatoms. The highest BCUT2D eigenvalue weighted by Crippen LogP contribution is 2.25. The van der Waals surface area contributed by atoms with Gasteiger partial charge in [-0.05, 0) is 24.6 Å². The van der Waals surface area contributed by atoms with E-state index in [1.165, 1.54) is 4.57 Å². The minimum absolute atomic E-state index is 0.147. The lowest BCUT2D eigenvalue weighted by molar-refractivity contribution is 0.102. The van der Waals surface area contributed by atoms with Gasteiger partial charge in [-0.1, -0.05) is 36.4 Å². The van der Waals surface area contributed by atoms with Crippen LogP contribution in [0.3, 0.4) is 0 Å². The minimum Gasteiger partial charge on any atom is -0.411 e. The number of carbonyl (C=O) groups excluding carboxylic acids is 1. The topological polar surface area (TPSA) is 137 Å². The zero-order chi connectivity index (χ0) is 20.3. The maximum Gasteiger partial charge on any atom is 0.329 e. The molecule has 0 bridgehead atoms. The second kappa shape index (κ2) is 8.44. The van der Waals surface area contributed by atoms with Crippen molar-refractivity contribution in [2.75, 3.05) is 11.5 Å². The number of carbonyl (C=O) groups is 1. The summed E-state index contributed by atoms with van der Waals surface area (Å²) >= 11 is 6.91. The maximum absolute atomic E-state index is 12.5. The fourth-order valence-electron chi connectivity index (χ4n) is 2.51. The number of nitrogens with two attached hydrogens (primary N) is 1. The van der Waals surface area contributed by atoms with E-state index in [9.17, 15) is 14.4 Å². The van der Waals surface area contributed by atoms with E-state index in [-0.39, 0.29) is 28.2 Å². The van der Waals surface area contributed by atoms with Crippen molar-refractivity contribution in [2.45, 2.75) is 25.1 Å². The summed E-state index contributed by atoms with van der Waals surface area (Å²) in [6, 6.07) is 6.90. The van der Waals surface area contributed by atoms with E-state index >= 15 is 0 Å². The Balaban J connectivity index is 1.77. The molecule has 9 nitrogen and oxygen atoms in total. The Morgan fingerprint density at radius 2 is 2.14 bits per heavy atom. The van der Waals surface area contributed by atoms with Crippen molar-refractivity contribution in [1.29, 1.82) is 0 Å². The number of H-pyrrole nitrogens is 1. The smallest absolute Gasteiger partial charge is 0.329 e. The van der Waals surface area contributed by atoms with Gasteiger partial charge in [0, 0.05) is 17.1 Å². The van der Waals surface area contributed by atoms with Crippen LogP contribution in [0.15, 0.2) is 43.5 Å². The van der Waals surface area contributed by atoms with Crippen LogP contribution in [0.25, 0.3) is 11.5 Å². The lowest BCUT2D eigenvalue weighted by Crippen LogP contribution is -2.36. The van der Waals surface area contributed by atoms with E-state index in [1.54, 1.807) is 24.3 Å². The number of benzene rings is 1. The number of nitrogens with zero attached hydrogens (tertiary/aromatic N) is 3. The van der Waals surface area contributed by atoms with E-state index < -0.39 is 17.0 Å². The van der Waals surface area contributed by atoms with Crippen molar-refractivity contribution in [3.63, 3.8) is 0 Å². The molecule has 2 heterocycles. The van der Waals surface area contributed by atoms with E-state index in [0.717, 1.165) is 11.8 Å². The Hall–Kier alpha value is -2.85. The zero-order valence-corrected chi connectivity index (χ0v) is 16.3. The van der Waals surface area contributed by atoms with E-state index in [4.69, 9.17) is 21.8 Å². The van der Waals surface area contributed by atoms with Gasteiger partial charge < -0.3 is 10.2 Å². The standard InChI is InChI=1S/C17H16ClN5O4S/c1-2-6-23-13(19)12(14(25)20-16(23)26)11(24)8-28-17-22-21-15(27-17)9-4-3-5-10(18)7-9/h3-5,7H,2,6,8,19H2,1H3,(H,20,25,26). The summed E-state index contributed by atoms with van der Waals surface area (Å²) in [6.07, 6.45) is 0.618. The van der Waals surface area contributed by atoms with Gasteiger partial charge in [-0.3, -0.25) is 19.1 Å².